The van der Waals surface area contributed by atoms with E-state index in [1.807, 2.05) is 0 Å². The molecule has 18 unspecified atom stereocenters. The molecule has 25 heteroatoms. The minimum absolute atomic E-state index is 0.0330. The molecule has 0 amide bonds. The molecule has 24 nitrogen and oxygen atoms in total. The van der Waals surface area contributed by atoms with E-state index < -0.39 is 156 Å². The summed E-state index contributed by atoms with van der Waals surface area (Å²) in [6.45, 7) is 3.50. The molecule has 0 spiro atoms. The number of unbranched alkanes of at least 4 members (excludes halogenated alkanes) is 42. The van der Waals surface area contributed by atoms with Gasteiger partial charge in [-0.15, -0.1) is 0 Å². The lowest BCUT2D eigenvalue weighted by Crippen LogP contribution is -2.69. The van der Waals surface area contributed by atoms with Crippen LogP contribution in [0.3, 0.4) is 0 Å². The predicted molar refractivity (Wildman–Crippen MR) is 379 cm³/mol. The molecule has 100 heavy (non-hydrogen) atoms. The maximum absolute atomic E-state index is 14.3. The van der Waals surface area contributed by atoms with E-state index in [1.54, 1.807) is 0 Å². The third-order valence-electron chi connectivity index (χ3n) is 19.9. The maximum Gasteiger partial charge on any atom is 0.472 e. The summed E-state index contributed by atoms with van der Waals surface area (Å²) >= 11 is 0. The zero-order chi connectivity index (χ0) is 73.2. The average molecular weight is 1460 g/mol. The Bertz CT molecular complexity index is 2060. The fourth-order valence-corrected chi connectivity index (χ4v) is 14.4. The van der Waals surface area contributed by atoms with Crippen LogP contribution in [0, 0.1) is 0 Å². The summed E-state index contributed by atoms with van der Waals surface area (Å²) in [4.78, 5) is 51.1. The number of phosphoric acid groups is 1. The lowest BCUT2D eigenvalue weighted by molar-refractivity contribution is -0.360. The average Bonchev–Trinajstić information content (AvgIpc) is 0.761. The number of hydrogen-bond donors (Lipinski definition) is 11. The summed E-state index contributed by atoms with van der Waals surface area (Å²) < 4.78 is 65.1. The van der Waals surface area contributed by atoms with Crippen LogP contribution in [0.4, 0.5) is 0 Å². The van der Waals surface area contributed by atoms with Crippen LogP contribution in [0.2, 0.25) is 0 Å². The number of hydrogen-bond acceptors (Lipinski definition) is 23. The normalized spacial score (nSPS) is 27.3. The van der Waals surface area contributed by atoms with Gasteiger partial charge in [-0.05, 0) is 19.3 Å². The van der Waals surface area contributed by atoms with E-state index in [0.717, 1.165) is 89.9 Å². The monoisotopic (exact) mass is 1460 g/mol. The minimum Gasteiger partial charge on any atom is -0.463 e. The van der Waals surface area contributed by atoms with E-state index in [4.69, 9.17) is 42.2 Å². The van der Waals surface area contributed by atoms with Gasteiger partial charge in [0, 0.05) is 19.3 Å². The number of carbonyl (C=O) groups excluding carboxylic acids is 3. The van der Waals surface area contributed by atoms with Crippen molar-refractivity contribution in [3.8, 4) is 0 Å². The standard InChI is InChI=1S/C75H141O24P/c1-4-7-10-13-16-19-22-25-28-29-30-33-35-38-41-44-47-50-60(78)92-55-58-63(81)65(83)70(88)75(96-58)98-72-68(86)66(84)67(85)71(97-74-69(87)64(82)62(80)57(52-76)95-74)73(72)99-100(89,90)93-54-56(94-61(79)51-48-45-42-39-36-32-27-24-21-18-15-12-9-6-3)53-91-59(77)49-46-43-40-37-34-31-26-23-20-17-14-11-8-5-2/h56-58,62-76,80-88H,4-55H2,1-3H3,(H,89,90). The van der Waals surface area contributed by atoms with Crippen molar-refractivity contribution in [1.82, 2.24) is 0 Å². The second-order valence-corrected chi connectivity index (χ2v) is 30.2. The number of rotatable bonds is 63. The molecule has 3 aliphatic rings. The molecule has 590 valence electrons. The van der Waals surface area contributed by atoms with Gasteiger partial charge >= 0.3 is 25.7 Å². The Morgan fingerprint density at radius 1 is 0.350 bits per heavy atom. The largest absolute Gasteiger partial charge is 0.472 e. The second-order valence-electron chi connectivity index (χ2n) is 28.8. The Hall–Kier alpha value is -2.04. The number of aliphatic hydroxyl groups is 10. The van der Waals surface area contributed by atoms with Crippen molar-refractivity contribution in [2.24, 2.45) is 0 Å². The van der Waals surface area contributed by atoms with Crippen molar-refractivity contribution in [2.75, 3.05) is 26.4 Å². The molecule has 18 atom stereocenters. The number of aliphatic hydroxyl groups excluding tert-OH is 10. The highest BCUT2D eigenvalue weighted by Gasteiger charge is 2.58. The van der Waals surface area contributed by atoms with Crippen LogP contribution in [-0.4, -0.2) is 204 Å². The summed E-state index contributed by atoms with van der Waals surface area (Å²) in [5.74, 6) is -1.97. The molecule has 0 aromatic carbocycles. The van der Waals surface area contributed by atoms with E-state index in [9.17, 15) is 74.9 Å². The van der Waals surface area contributed by atoms with E-state index in [2.05, 4.69) is 20.8 Å². The molecule has 2 saturated heterocycles. The number of carbonyl (C=O) groups is 3. The van der Waals surface area contributed by atoms with Gasteiger partial charge in [0.05, 0.1) is 13.2 Å². The topological polar surface area (TPSA) is 374 Å². The number of phosphoric ester groups is 1. The van der Waals surface area contributed by atoms with Crippen molar-refractivity contribution < 1.29 is 117 Å². The highest BCUT2D eigenvalue weighted by atomic mass is 31.2. The van der Waals surface area contributed by atoms with E-state index in [1.165, 1.54) is 180 Å². The Morgan fingerprint density at radius 2 is 0.640 bits per heavy atom. The second kappa shape index (κ2) is 57.2. The van der Waals surface area contributed by atoms with E-state index in [-0.39, 0.29) is 19.3 Å². The molecule has 0 aromatic rings. The van der Waals surface area contributed by atoms with Gasteiger partial charge in [-0.2, -0.15) is 0 Å². The van der Waals surface area contributed by atoms with Crippen LogP contribution >= 0.6 is 7.82 Å². The fourth-order valence-electron chi connectivity index (χ4n) is 13.4. The molecule has 1 aliphatic carbocycles. The van der Waals surface area contributed by atoms with Gasteiger partial charge in [0.1, 0.15) is 98.7 Å². The Labute approximate surface area is 600 Å². The minimum atomic E-state index is -5.69. The van der Waals surface area contributed by atoms with Crippen molar-refractivity contribution >= 4 is 25.7 Å². The fraction of sp³-hybridized carbons (Fsp3) is 0.960. The predicted octanol–water partition coefficient (Wildman–Crippen LogP) is 11.7. The summed E-state index contributed by atoms with van der Waals surface area (Å²) in [6, 6.07) is 0. The van der Waals surface area contributed by atoms with Crippen LogP contribution < -0.4 is 0 Å². The van der Waals surface area contributed by atoms with Crippen LogP contribution in [0.5, 0.6) is 0 Å². The number of esters is 3. The summed E-state index contributed by atoms with van der Waals surface area (Å²) in [5, 5.41) is 110. The van der Waals surface area contributed by atoms with Gasteiger partial charge in [-0.1, -0.05) is 290 Å². The van der Waals surface area contributed by atoms with E-state index in [0.29, 0.717) is 19.3 Å². The van der Waals surface area contributed by atoms with Gasteiger partial charge < -0.3 is 89.1 Å². The first kappa shape index (κ1) is 92.2. The lowest BCUT2D eigenvalue weighted by atomic mass is 9.84. The van der Waals surface area contributed by atoms with Crippen molar-refractivity contribution in [2.45, 2.75) is 433 Å². The molecule has 0 aromatic heterocycles. The molecule has 3 rings (SSSR count). The zero-order valence-electron chi connectivity index (χ0n) is 61.8. The Morgan fingerprint density at radius 3 is 0.980 bits per heavy atom. The van der Waals surface area contributed by atoms with E-state index >= 15 is 0 Å². The SMILES string of the molecule is CCCCCCCCCCCCCCCCCCCC(=O)OCC1OC(OC2C(O)C(O)C(O)C(OC3OC(CO)C(O)C(O)C3O)C2OP(=O)(O)OCC(COC(=O)CCCCCCCCCCCCCCCC)OC(=O)CCCCCCCCCCCCCCCC)C(O)C(O)C1O. The number of ether oxygens (including phenoxy) is 7. The molecule has 1 saturated carbocycles. The van der Waals surface area contributed by atoms with Crippen molar-refractivity contribution in [3.05, 3.63) is 0 Å². The molecule has 2 aliphatic heterocycles. The molecule has 11 N–H and O–H groups in total. The van der Waals surface area contributed by atoms with Crippen LogP contribution in [0.25, 0.3) is 0 Å². The molecule has 0 radical (unpaired) electrons. The van der Waals surface area contributed by atoms with Crippen LogP contribution in [0.15, 0.2) is 0 Å². The maximum atomic E-state index is 14.3. The molecule has 0 bridgehead atoms. The summed E-state index contributed by atoms with van der Waals surface area (Å²) in [6.07, 6.45) is 15.7. The van der Waals surface area contributed by atoms with Gasteiger partial charge in [-0.25, -0.2) is 4.57 Å². The summed E-state index contributed by atoms with van der Waals surface area (Å²) in [7, 11) is -5.69. The smallest absolute Gasteiger partial charge is 0.463 e. The van der Waals surface area contributed by atoms with Gasteiger partial charge in [0.25, 0.3) is 0 Å². The first-order chi connectivity index (χ1) is 48.3. The van der Waals surface area contributed by atoms with Crippen molar-refractivity contribution in [3.63, 3.8) is 0 Å². The molecular weight excluding hydrogens is 1320 g/mol. The summed E-state index contributed by atoms with van der Waals surface area (Å²) in [5.41, 5.74) is 0. The molecule has 3 fully saturated rings. The first-order valence-corrected chi connectivity index (χ1v) is 41.3. The zero-order valence-corrected chi connectivity index (χ0v) is 62.7. The van der Waals surface area contributed by atoms with Crippen molar-refractivity contribution in [1.29, 1.82) is 0 Å². The molecule has 2 heterocycles. The Balaban J connectivity index is 1.70. The van der Waals surface area contributed by atoms with Gasteiger partial charge in [0.2, 0.25) is 0 Å². The quantitative estimate of drug-likeness (QED) is 0.0117. The van der Waals surface area contributed by atoms with Gasteiger partial charge in [-0.3, -0.25) is 23.4 Å². The van der Waals surface area contributed by atoms with Gasteiger partial charge in [0.15, 0.2) is 18.7 Å². The molecular formula is C75H141O24P. The Kier molecular flexibility index (Phi) is 52.7. The lowest BCUT2D eigenvalue weighted by Gasteiger charge is -2.49. The third kappa shape index (κ3) is 39.5. The third-order valence-corrected chi connectivity index (χ3v) is 20.9. The highest BCUT2D eigenvalue weighted by molar-refractivity contribution is 7.47. The van der Waals surface area contributed by atoms with Crippen LogP contribution in [-0.2, 0) is 61.2 Å². The van der Waals surface area contributed by atoms with Crippen LogP contribution in [0.1, 0.15) is 329 Å². The highest BCUT2D eigenvalue weighted by Crippen LogP contribution is 2.49. The first-order valence-electron chi connectivity index (χ1n) is 39.8.